The van der Waals surface area contributed by atoms with E-state index >= 15 is 0 Å². The van der Waals surface area contributed by atoms with Crippen molar-refractivity contribution in [2.75, 3.05) is 0 Å². The normalized spacial score (nSPS) is 18.3. The van der Waals surface area contributed by atoms with Crippen molar-refractivity contribution >= 4 is 29.2 Å². The molecule has 0 fully saturated rings. The van der Waals surface area contributed by atoms with Gasteiger partial charge in [-0.05, 0) is 45.1 Å². The van der Waals surface area contributed by atoms with Gasteiger partial charge in [-0.1, -0.05) is 76.9 Å². The molecule has 0 N–H and O–H groups in total. The number of hydrogen-bond donors (Lipinski definition) is 0. The molecule has 3 rings (SSSR count). The maximum atomic E-state index is 2.45. The van der Waals surface area contributed by atoms with Crippen LogP contribution in [0, 0.1) is 11.8 Å². The summed E-state index contributed by atoms with van der Waals surface area (Å²) in [6.07, 6.45) is 2.63. The molecule has 0 spiro atoms. The van der Waals surface area contributed by atoms with Gasteiger partial charge in [0.2, 0.25) is 0 Å². The first-order chi connectivity index (χ1) is 10.1. The fourth-order valence-electron chi connectivity index (χ4n) is 4.22. The van der Waals surface area contributed by atoms with Gasteiger partial charge in [-0.2, -0.15) is 0 Å². The molecule has 112 valence electrons. The summed E-state index contributed by atoms with van der Waals surface area (Å²) < 4.78 is 0. The summed E-state index contributed by atoms with van der Waals surface area (Å²) >= 11 is 0. The Balaban J connectivity index is 2.09. The fraction of sp³-hybridized carbons (Fsp3) is 0.500. The quantitative estimate of drug-likeness (QED) is 0.671. The molecule has 0 unspecified atom stereocenters. The zero-order chi connectivity index (χ0) is 15.0. The molecule has 21 heavy (non-hydrogen) atoms. The third kappa shape index (κ3) is 2.26. The first kappa shape index (κ1) is 14.8. The van der Waals surface area contributed by atoms with Gasteiger partial charge in [-0.3, -0.25) is 0 Å². The van der Waals surface area contributed by atoms with E-state index in [1.807, 2.05) is 0 Å². The van der Waals surface area contributed by atoms with Crippen LogP contribution in [0.25, 0.3) is 10.8 Å². The Hall–Kier alpha value is -1.08. The van der Waals surface area contributed by atoms with Crippen LogP contribution in [0.3, 0.4) is 0 Å². The predicted octanol–water partition coefficient (Wildman–Crippen LogP) is 4.81. The number of benzene rings is 2. The van der Waals surface area contributed by atoms with Crippen LogP contribution in [-0.4, -0.2) is 8.07 Å². The van der Waals surface area contributed by atoms with Crippen molar-refractivity contribution < 1.29 is 0 Å². The highest BCUT2D eigenvalue weighted by Gasteiger charge is 2.47. The minimum Gasteiger partial charge on any atom is -0.0651 e. The van der Waals surface area contributed by atoms with Gasteiger partial charge in [0, 0.05) is 0 Å². The van der Waals surface area contributed by atoms with Crippen molar-refractivity contribution in [3.63, 3.8) is 0 Å². The molecule has 0 aliphatic carbocycles. The minimum absolute atomic E-state index is 0.851. The highest BCUT2D eigenvalue weighted by Crippen LogP contribution is 2.36. The third-order valence-corrected chi connectivity index (χ3v) is 11.4. The second-order valence-corrected chi connectivity index (χ2v) is 11.3. The molecule has 0 bridgehead atoms. The van der Waals surface area contributed by atoms with E-state index in [9.17, 15) is 0 Å². The minimum atomic E-state index is -1.43. The Bertz CT molecular complexity index is 591. The SMILES string of the molecule is CC[C@@H](C)C[Si]1(C[C@H](C)CC)c2cccc3cccc1c23. The summed E-state index contributed by atoms with van der Waals surface area (Å²) in [6.45, 7) is 9.60. The van der Waals surface area contributed by atoms with Gasteiger partial charge in [0.1, 0.15) is 8.07 Å². The lowest BCUT2D eigenvalue weighted by atomic mass is 10.1. The summed E-state index contributed by atoms with van der Waals surface area (Å²) in [5.74, 6) is 1.70. The molecule has 0 saturated carbocycles. The Labute approximate surface area is 130 Å². The molecule has 0 saturated heterocycles. The van der Waals surface area contributed by atoms with Gasteiger partial charge < -0.3 is 0 Å². The van der Waals surface area contributed by atoms with E-state index in [1.165, 1.54) is 30.3 Å². The van der Waals surface area contributed by atoms with Crippen molar-refractivity contribution in [3.8, 4) is 0 Å². The van der Waals surface area contributed by atoms with Gasteiger partial charge in [0.15, 0.2) is 0 Å². The van der Waals surface area contributed by atoms with Crippen LogP contribution in [0.5, 0.6) is 0 Å². The topological polar surface area (TPSA) is 0 Å². The van der Waals surface area contributed by atoms with Gasteiger partial charge in [-0.25, -0.2) is 0 Å². The highest BCUT2D eigenvalue weighted by molar-refractivity contribution is 7.10. The highest BCUT2D eigenvalue weighted by atomic mass is 28.3. The Kier molecular flexibility index (Phi) is 3.96. The van der Waals surface area contributed by atoms with Crippen molar-refractivity contribution in [2.24, 2.45) is 11.8 Å². The monoisotopic (exact) mass is 296 g/mol. The van der Waals surface area contributed by atoms with Crippen molar-refractivity contribution in [1.82, 2.24) is 0 Å². The zero-order valence-corrected chi connectivity index (χ0v) is 14.9. The third-order valence-electron chi connectivity index (χ3n) is 5.72. The summed E-state index contributed by atoms with van der Waals surface area (Å²) in [7, 11) is -1.43. The van der Waals surface area contributed by atoms with Crippen LogP contribution in [0.1, 0.15) is 40.5 Å². The van der Waals surface area contributed by atoms with Crippen LogP contribution in [0.2, 0.25) is 12.1 Å². The molecular formula is C20H28Si. The van der Waals surface area contributed by atoms with Crippen molar-refractivity contribution in [3.05, 3.63) is 36.4 Å². The van der Waals surface area contributed by atoms with Crippen LogP contribution in [0.15, 0.2) is 36.4 Å². The average molecular weight is 297 g/mol. The molecule has 0 radical (unpaired) electrons. The molecule has 0 amide bonds. The second-order valence-electron chi connectivity index (χ2n) is 7.23. The number of hydrogen-bond acceptors (Lipinski definition) is 0. The molecule has 0 nitrogen and oxygen atoms in total. The maximum absolute atomic E-state index is 2.45. The lowest BCUT2D eigenvalue weighted by Gasteiger charge is -2.45. The molecule has 1 aliphatic rings. The zero-order valence-electron chi connectivity index (χ0n) is 13.9. The fourth-order valence-corrected chi connectivity index (χ4v) is 10.7. The van der Waals surface area contributed by atoms with E-state index in [-0.39, 0.29) is 0 Å². The molecule has 2 aromatic rings. The van der Waals surface area contributed by atoms with Gasteiger partial charge in [-0.15, -0.1) is 0 Å². The largest absolute Gasteiger partial charge is 0.120 e. The second kappa shape index (κ2) is 5.60. The molecular weight excluding hydrogens is 268 g/mol. The summed E-state index contributed by atoms with van der Waals surface area (Å²) in [5.41, 5.74) is 0. The van der Waals surface area contributed by atoms with E-state index in [1.54, 1.807) is 15.8 Å². The van der Waals surface area contributed by atoms with E-state index in [0.717, 1.165) is 11.8 Å². The molecule has 1 aliphatic heterocycles. The standard InChI is InChI=1S/C20H28Si/c1-5-15(3)13-21(14-16(4)6-2)18-11-7-9-17-10-8-12-19(21)20(17)18/h7-12,15-16H,5-6,13-14H2,1-4H3/t15-,16-/m1/s1. The van der Waals surface area contributed by atoms with Crippen LogP contribution < -0.4 is 10.4 Å². The molecule has 2 atom stereocenters. The van der Waals surface area contributed by atoms with Crippen molar-refractivity contribution in [1.29, 1.82) is 0 Å². The van der Waals surface area contributed by atoms with Gasteiger partial charge in [0.25, 0.3) is 0 Å². The predicted molar refractivity (Wildman–Crippen MR) is 97.5 cm³/mol. The first-order valence-electron chi connectivity index (χ1n) is 8.65. The van der Waals surface area contributed by atoms with Crippen LogP contribution >= 0.6 is 0 Å². The van der Waals surface area contributed by atoms with Gasteiger partial charge >= 0.3 is 0 Å². The summed E-state index contributed by atoms with van der Waals surface area (Å²) in [4.78, 5) is 0. The lowest BCUT2D eigenvalue weighted by molar-refractivity contribution is 0.589. The lowest BCUT2D eigenvalue weighted by Crippen LogP contribution is -2.68. The van der Waals surface area contributed by atoms with Crippen LogP contribution in [-0.2, 0) is 0 Å². The Morgan fingerprint density at radius 2 is 1.29 bits per heavy atom. The average Bonchev–Trinajstić information content (AvgIpc) is 2.52. The van der Waals surface area contributed by atoms with Crippen molar-refractivity contribution in [2.45, 2.75) is 52.6 Å². The maximum Gasteiger partial charge on any atom is 0.120 e. The Morgan fingerprint density at radius 1 is 0.810 bits per heavy atom. The van der Waals surface area contributed by atoms with Gasteiger partial charge in [0.05, 0.1) is 0 Å². The molecule has 2 aromatic carbocycles. The summed E-state index contributed by atoms with van der Waals surface area (Å²) in [6, 6.07) is 16.9. The van der Waals surface area contributed by atoms with E-state index < -0.39 is 8.07 Å². The smallest absolute Gasteiger partial charge is 0.0651 e. The summed E-state index contributed by atoms with van der Waals surface area (Å²) in [5, 5.41) is 6.59. The molecule has 1 heteroatoms. The van der Waals surface area contributed by atoms with E-state index in [2.05, 4.69) is 64.1 Å². The molecule has 0 aromatic heterocycles. The first-order valence-corrected chi connectivity index (χ1v) is 11.1. The molecule has 1 heterocycles. The number of rotatable bonds is 6. The van der Waals surface area contributed by atoms with E-state index in [4.69, 9.17) is 0 Å². The van der Waals surface area contributed by atoms with E-state index in [0.29, 0.717) is 0 Å². The Morgan fingerprint density at radius 3 is 1.71 bits per heavy atom. The van der Waals surface area contributed by atoms with Crippen LogP contribution in [0.4, 0.5) is 0 Å².